The molecule has 1 aromatic carbocycles. The van der Waals surface area contributed by atoms with Gasteiger partial charge in [0.2, 0.25) is 0 Å². The van der Waals surface area contributed by atoms with Gasteiger partial charge in [0.25, 0.3) is 0 Å². The lowest BCUT2D eigenvalue weighted by Crippen LogP contribution is -2.50. The molecular formula is C19H32N4O4. The summed E-state index contributed by atoms with van der Waals surface area (Å²) in [5, 5.41) is 29.7. The highest BCUT2D eigenvalue weighted by molar-refractivity contribution is 5.94. The minimum absolute atomic E-state index is 0.168. The Kier molecular flexibility index (Phi) is 8.05. The number of anilines is 2. The molecule has 8 nitrogen and oxygen atoms in total. The molecule has 1 aromatic rings. The van der Waals surface area contributed by atoms with Crippen LogP contribution in [0.15, 0.2) is 18.2 Å². The van der Waals surface area contributed by atoms with Gasteiger partial charge in [-0.1, -0.05) is 19.9 Å². The van der Waals surface area contributed by atoms with Crippen molar-refractivity contribution < 1.29 is 19.8 Å². The lowest BCUT2D eigenvalue weighted by molar-refractivity contribution is 0.172. The summed E-state index contributed by atoms with van der Waals surface area (Å²) in [5.74, 6) is 0. The first kappa shape index (κ1) is 22.7. The third kappa shape index (κ3) is 6.73. The second-order valence-electron chi connectivity index (χ2n) is 7.33. The van der Waals surface area contributed by atoms with Crippen LogP contribution >= 0.6 is 0 Å². The number of benzene rings is 1. The SMILES string of the molecule is CC[C@](C)(CO)NC(=O)Nc1ccc(C)c(NC(=O)N[C@@](C)(CC)CO)c1. The minimum atomic E-state index is -0.706. The number of urea groups is 2. The van der Waals surface area contributed by atoms with Gasteiger partial charge in [-0.2, -0.15) is 0 Å². The summed E-state index contributed by atoms with van der Waals surface area (Å²) in [7, 11) is 0. The van der Waals surface area contributed by atoms with Crippen LogP contribution in [-0.2, 0) is 0 Å². The molecule has 6 N–H and O–H groups in total. The largest absolute Gasteiger partial charge is 0.394 e. The Morgan fingerprint density at radius 2 is 1.41 bits per heavy atom. The maximum absolute atomic E-state index is 12.2. The number of nitrogens with one attached hydrogen (secondary N) is 4. The van der Waals surface area contributed by atoms with E-state index in [-0.39, 0.29) is 13.2 Å². The summed E-state index contributed by atoms with van der Waals surface area (Å²) in [5.41, 5.74) is 0.465. The number of aryl methyl sites for hydroxylation is 1. The Morgan fingerprint density at radius 1 is 0.926 bits per heavy atom. The van der Waals surface area contributed by atoms with Crippen molar-refractivity contribution in [2.75, 3.05) is 23.8 Å². The quantitative estimate of drug-likeness (QED) is 0.415. The molecule has 0 spiro atoms. The maximum atomic E-state index is 12.2. The molecule has 0 unspecified atom stereocenters. The van der Waals surface area contributed by atoms with Crippen LogP contribution < -0.4 is 21.3 Å². The Hall–Kier alpha value is -2.32. The fourth-order valence-electron chi connectivity index (χ4n) is 2.18. The fraction of sp³-hybridized carbons (Fsp3) is 0.579. The average Bonchev–Trinajstić information content (AvgIpc) is 2.64. The predicted molar refractivity (Wildman–Crippen MR) is 107 cm³/mol. The fourth-order valence-corrected chi connectivity index (χ4v) is 2.18. The number of carbonyl (C=O) groups excluding carboxylic acids is 2. The molecule has 2 atom stereocenters. The number of hydrogen-bond donors (Lipinski definition) is 6. The highest BCUT2D eigenvalue weighted by Crippen LogP contribution is 2.21. The smallest absolute Gasteiger partial charge is 0.319 e. The van der Waals surface area contributed by atoms with Crippen LogP contribution in [0.5, 0.6) is 0 Å². The van der Waals surface area contributed by atoms with E-state index in [1.54, 1.807) is 32.0 Å². The summed E-state index contributed by atoms with van der Waals surface area (Å²) in [6, 6.07) is 4.29. The Morgan fingerprint density at radius 3 is 1.85 bits per heavy atom. The Labute approximate surface area is 160 Å². The van der Waals surface area contributed by atoms with Gasteiger partial charge in [0.05, 0.1) is 24.3 Å². The van der Waals surface area contributed by atoms with Gasteiger partial charge < -0.3 is 31.5 Å². The van der Waals surface area contributed by atoms with Crippen molar-refractivity contribution in [2.24, 2.45) is 0 Å². The number of carbonyl (C=O) groups is 2. The van der Waals surface area contributed by atoms with Gasteiger partial charge in [-0.05, 0) is 51.3 Å². The lowest BCUT2D eigenvalue weighted by atomic mass is 10.0. The average molecular weight is 380 g/mol. The minimum Gasteiger partial charge on any atom is -0.394 e. The molecule has 0 saturated carbocycles. The molecule has 0 aliphatic heterocycles. The molecule has 0 aromatic heterocycles. The van der Waals surface area contributed by atoms with Crippen LogP contribution in [-0.4, -0.2) is 46.6 Å². The highest BCUT2D eigenvalue weighted by Gasteiger charge is 2.24. The van der Waals surface area contributed by atoms with Gasteiger partial charge in [-0.3, -0.25) is 0 Å². The zero-order valence-corrected chi connectivity index (χ0v) is 16.8. The van der Waals surface area contributed by atoms with Gasteiger partial charge in [-0.15, -0.1) is 0 Å². The van der Waals surface area contributed by atoms with Crippen molar-refractivity contribution in [2.45, 2.75) is 58.5 Å². The molecular weight excluding hydrogens is 348 g/mol. The second kappa shape index (κ2) is 9.57. The molecule has 4 amide bonds. The van der Waals surface area contributed by atoms with Crippen LogP contribution in [0, 0.1) is 6.92 Å². The van der Waals surface area contributed by atoms with Crippen LogP contribution in [0.3, 0.4) is 0 Å². The van der Waals surface area contributed by atoms with E-state index in [0.717, 1.165) is 5.56 Å². The Balaban J connectivity index is 2.82. The third-order valence-corrected chi connectivity index (χ3v) is 4.83. The van der Waals surface area contributed by atoms with E-state index in [1.165, 1.54) is 0 Å². The van der Waals surface area contributed by atoms with Crippen LogP contribution in [0.1, 0.15) is 46.1 Å². The monoisotopic (exact) mass is 380 g/mol. The van der Waals surface area contributed by atoms with E-state index >= 15 is 0 Å². The molecule has 0 aliphatic rings. The van der Waals surface area contributed by atoms with Crippen molar-refractivity contribution in [1.82, 2.24) is 10.6 Å². The molecule has 0 bridgehead atoms. The zero-order valence-electron chi connectivity index (χ0n) is 16.8. The second-order valence-corrected chi connectivity index (χ2v) is 7.33. The van der Waals surface area contributed by atoms with Crippen molar-refractivity contribution >= 4 is 23.4 Å². The van der Waals surface area contributed by atoms with E-state index < -0.39 is 23.1 Å². The van der Waals surface area contributed by atoms with Crippen molar-refractivity contribution in [1.29, 1.82) is 0 Å². The van der Waals surface area contributed by atoms with Gasteiger partial charge >= 0.3 is 12.1 Å². The molecule has 27 heavy (non-hydrogen) atoms. The standard InChI is InChI=1S/C19H32N4O4/c1-6-18(4,11-24)22-16(26)20-14-9-8-13(3)15(10-14)21-17(27)23-19(5,7-2)12-25/h8-10,24-25H,6-7,11-12H2,1-5H3,(H2,20,22,26)(H2,21,23,27)/t18-,19+/m1/s1. The molecule has 8 heteroatoms. The Bertz CT molecular complexity index is 655. The highest BCUT2D eigenvalue weighted by atomic mass is 16.3. The normalized spacial score (nSPS) is 15.2. The molecule has 1 rings (SSSR count). The predicted octanol–water partition coefficient (Wildman–Crippen LogP) is 2.56. The molecule has 0 aliphatic carbocycles. The molecule has 0 saturated heterocycles. The summed E-state index contributed by atoms with van der Waals surface area (Å²) in [6.45, 7) is 8.77. The number of aliphatic hydroxyl groups is 2. The van der Waals surface area contributed by atoms with Crippen LogP contribution in [0.4, 0.5) is 21.0 Å². The molecule has 152 valence electrons. The summed E-state index contributed by atoms with van der Waals surface area (Å²) in [4.78, 5) is 24.4. The van der Waals surface area contributed by atoms with Gasteiger partial charge in [-0.25, -0.2) is 9.59 Å². The van der Waals surface area contributed by atoms with Crippen molar-refractivity contribution in [3.63, 3.8) is 0 Å². The van der Waals surface area contributed by atoms with Crippen molar-refractivity contribution in [3.05, 3.63) is 23.8 Å². The number of rotatable bonds is 8. The van der Waals surface area contributed by atoms with Gasteiger partial charge in [0.1, 0.15) is 0 Å². The van der Waals surface area contributed by atoms with Gasteiger partial charge in [0, 0.05) is 11.4 Å². The van der Waals surface area contributed by atoms with Crippen LogP contribution in [0.2, 0.25) is 0 Å². The van der Waals surface area contributed by atoms with E-state index in [0.29, 0.717) is 24.2 Å². The maximum Gasteiger partial charge on any atom is 0.319 e. The zero-order chi connectivity index (χ0) is 20.7. The van der Waals surface area contributed by atoms with Crippen molar-refractivity contribution in [3.8, 4) is 0 Å². The molecule has 0 heterocycles. The summed E-state index contributed by atoms with van der Waals surface area (Å²) in [6.07, 6.45) is 1.16. The van der Waals surface area contributed by atoms with Gasteiger partial charge in [0.15, 0.2) is 0 Å². The number of amides is 4. The number of aliphatic hydroxyl groups excluding tert-OH is 2. The van der Waals surface area contributed by atoms with E-state index in [1.807, 2.05) is 20.8 Å². The summed E-state index contributed by atoms with van der Waals surface area (Å²) >= 11 is 0. The third-order valence-electron chi connectivity index (χ3n) is 4.83. The first-order valence-corrected chi connectivity index (χ1v) is 9.11. The van der Waals surface area contributed by atoms with E-state index in [4.69, 9.17) is 0 Å². The van der Waals surface area contributed by atoms with E-state index in [2.05, 4.69) is 21.3 Å². The molecule has 0 fully saturated rings. The van der Waals surface area contributed by atoms with E-state index in [9.17, 15) is 19.8 Å². The van der Waals surface area contributed by atoms with Crippen LogP contribution in [0.25, 0.3) is 0 Å². The lowest BCUT2D eigenvalue weighted by Gasteiger charge is -2.28. The first-order chi connectivity index (χ1) is 12.6. The molecule has 0 radical (unpaired) electrons. The first-order valence-electron chi connectivity index (χ1n) is 9.11. The topological polar surface area (TPSA) is 123 Å². The number of hydrogen-bond acceptors (Lipinski definition) is 4. The summed E-state index contributed by atoms with van der Waals surface area (Å²) < 4.78 is 0.